The number of thioether (sulfide) groups is 1. The minimum atomic E-state index is -0.961. The van der Waals surface area contributed by atoms with Crippen LogP contribution in [0, 0.1) is 0 Å². The monoisotopic (exact) mass is 293 g/mol. The van der Waals surface area contributed by atoms with Crippen LogP contribution in [-0.4, -0.2) is 39.7 Å². The molecule has 1 aliphatic rings. The summed E-state index contributed by atoms with van der Waals surface area (Å²) in [5.41, 5.74) is 0.561. The van der Waals surface area contributed by atoms with Crippen molar-refractivity contribution >= 4 is 23.6 Å². The summed E-state index contributed by atoms with van der Waals surface area (Å²) < 4.78 is 0. The van der Waals surface area contributed by atoms with Gasteiger partial charge in [-0.05, 0) is 37.1 Å². The van der Waals surface area contributed by atoms with Gasteiger partial charge in [0.15, 0.2) is 0 Å². The van der Waals surface area contributed by atoms with Crippen molar-refractivity contribution in [2.75, 3.05) is 6.54 Å². The first-order valence-electron chi connectivity index (χ1n) is 6.77. The number of rotatable bonds is 6. The summed E-state index contributed by atoms with van der Waals surface area (Å²) in [4.78, 5) is 25.8. The topological polar surface area (TPSA) is 57.6 Å². The first-order valence-corrected chi connectivity index (χ1v) is 7.65. The third kappa shape index (κ3) is 4.00. The smallest absolute Gasteiger partial charge is 0.323 e. The highest BCUT2D eigenvalue weighted by Crippen LogP contribution is 2.29. The number of amides is 1. The molecule has 0 atom stereocenters. The Morgan fingerprint density at radius 2 is 1.90 bits per heavy atom. The van der Waals surface area contributed by atoms with Gasteiger partial charge in [-0.2, -0.15) is 0 Å². The van der Waals surface area contributed by atoms with Crippen LogP contribution in [0.5, 0.6) is 0 Å². The van der Waals surface area contributed by atoms with Crippen LogP contribution in [0.2, 0.25) is 0 Å². The molecular weight excluding hydrogens is 274 g/mol. The standard InChI is InChI=1S/C15H19NO3S/c1-10(2)20-13-7-3-11(4-8-13)15(19)16(9-14(17)18)12-5-6-12/h3-4,7-8,10,12H,5-6,9H2,1-2H3,(H,17,18). The van der Waals surface area contributed by atoms with Crippen molar-refractivity contribution < 1.29 is 14.7 Å². The normalized spacial score (nSPS) is 14.3. The van der Waals surface area contributed by atoms with Crippen LogP contribution in [0.15, 0.2) is 29.2 Å². The first kappa shape index (κ1) is 14.9. The van der Waals surface area contributed by atoms with Crippen LogP contribution < -0.4 is 0 Å². The Morgan fingerprint density at radius 3 is 2.35 bits per heavy atom. The minimum Gasteiger partial charge on any atom is -0.480 e. The lowest BCUT2D eigenvalue weighted by molar-refractivity contribution is -0.137. The van der Waals surface area contributed by atoms with E-state index in [0.29, 0.717) is 10.8 Å². The molecule has 1 aromatic rings. The molecule has 1 aliphatic carbocycles. The molecule has 1 fully saturated rings. The molecule has 0 spiro atoms. The lowest BCUT2D eigenvalue weighted by Gasteiger charge is -2.20. The SMILES string of the molecule is CC(C)Sc1ccc(C(=O)N(CC(=O)O)C2CC2)cc1. The number of carbonyl (C=O) groups is 2. The average Bonchev–Trinajstić information content (AvgIpc) is 3.19. The molecule has 1 aromatic carbocycles. The zero-order valence-corrected chi connectivity index (χ0v) is 12.5. The molecule has 0 unspecified atom stereocenters. The van der Waals surface area contributed by atoms with Crippen LogP contribution >= 0.6 is 11.8 Å². The first-order chi connectivity index (χ1) is 9.47. The summed E-state index contributed by atoms with van der Waals surface area (Å²) in [7, 11) is 0. The number of hydrogen-bond donors (Lipinski definition) is 1. The summed E-state index contributed by atoms with van der Waals surface area (Å²) in [5.74, 6) is -1.15. The van der Waals surface area contributed by atoms with E-state index < -0.39 is 5.97 Å². The molecule has 0 saturated heterocycles. The minimum absolute atomic E-state index is 0.100. The lowest BCUT2D eigenvalue weighted by Crippen LogP contribution is -2.37. The highest BCUT2D eigenvalue weighted by Gasteiger charge is 2.34. The van der Waals surface area contributed by atoms with Gasteiger partial charge in [-0.25, -0.2) is 0 Å². The van der Waals surface area contributed by atoms with E-state index >= 15 is 0 Å². The fourth-order valence-electron chi connectivity index (χ4n) is 2.01. The van der Waals surface area contributed by atoms with Crippen molar-refractivity contribution in [1.82, 2.24) is 4.90 Å². The van der Waals surface area contributed by atoms with Crippen molar-refractivity contribution in [3.05, 3.63) is 29.8 Å². The second-order valence-corrected chi connectivity index (χ2v) is 6.90. The van der Waals surface area contributed by atoms with E-state index in [1.165, 1.54) is 4.90 Å². The van der Waals surface area contributed by atoms with Gasteiger partial charge in [0, 0.05) is 21.8 Å². The van der Waals surface area contributed by atoms with Gasteiger partial charge in [0.25, 0.3) is 5.91 Å². The van der Waals surface area contributed by atoms with Crippen molar-refractivity contribution in [3.8, 4) is 0 Å². The van der Waals surface area contributed by atoms with Gasteiger partial charge in [0.05, 0.1) is 0 Å². The molecule has 108 valence electrons. The quantitative estimate of drug-likeness (QED) is 0.819. The van der Waals surface area contributed by atoms with E-state index in [4.69, 9.17) is 5.11 Å². The molecule has 0 aliphatic heterocycles. The van der Waals surface area contributed by atoms with Gasteiger partial charge >= 0.3 is 5.97 Å². The van der Waals surface area contributed by atoms with Crippen molar-refractivity contribution in [1.29, 1.82) is 0 Å². The molecule has 0 radical (unpaired) electrons. The molecule has 5 heteroatoms. The van der Waals surface area contributed by atoms with Gasteiger partial charge in [0.2, 0.25) is 0 Å². The van der Waals surface area contributed by atoms with Crippen molar-refractivity contribution in [3.63, 3.8) is 0 Å². The third-order valence-corrected chi connectivity index (χ3v) is 4.04. The molecule has 1 saturated carbocycles. The van der Waals surface area contributed by atoms with E-state index in [9.17, 15) is 9.59 Å². The molecule has 2 rings (SSSR count). The maximum Gasteiger partial charge on any atom is 0.323 e. The van der Waals surface area contributed by atoms with Crippen LogP contribution in [0.1, 0.15) is 37.0 Å². The van der Waals surface area contributed by atoms with E-state index in [1.807, 2.05) is 12.1 Å². The summed E-state index contributed by atoms with van der Waals surface area (Å²) >= 11 is 1.74. The number of carbonyl (C=O) groups excluding carboxylic acids is 1. The third-order valence-electron chi connectivity index (χ3n) is 3.03. The maximum atomic E-state index is 12.4. The highest BCUT2D eigenvalue weighted by molar-refractivity contribution is 7.99. The van der Waals surface area contributed by atoms with Gasteiger partial charge < -0.3 is 10.0 Å². The average molecular weight is 293 g/mol. The van der Waals surface area contributed by atoms with Crippen LogP contribution in [-0.2, 0) is 4.79 Å². The molecule has 4 nitrogen and oxygen atoms in total. The number of carboxylic acids is 1. The van der Waals surface area contributed by atoms with E-state index in [2.05, 4.69) is 13.8 Å². The zero-order valence-electron chi connectivity index (χ0n) is 11.7. The van der Waals surface area contributed by atoms with E-state index in [1.54, 1.807) is 23.9 Å². The molecular formula is C15H19NO3S. The summed E-state index contributed by atoms with van der Waals surface area (Å²) in [6.07, 6.45) is 1.81. The van der Waals surface area contributed by atoms with Gasteiger partial charge in [0.1, 0.15) is 6.54 Å². The zero-order chi connectivity index (χ0) is 14.7. The summed E-state index contributed by atoms with van der Waals surface area (Å²) in [5, 5.41) is 9.39. The van der Waals surface area contributed by atoms with Crippen LogP contribution in [0.4, 0.5) is 0 Å². The Balaban J connectivity index is 2.08. The number of nitrogens with zero attached hydrogens (tertiary/aromatic N) is 1. The maximum absolute atomic E-state index is 12.4. The van der Waals surface area contributed by atoms with Crippen molar-refractivity contribution in [2.24, 2.45) is 0 Å². The Labute approximate surface area is 123 Å². The van der Waals surface area contributed by atoms with Crippen molar-refractivity contribution in [2.45, 2.75) is 42.9 Å². The predicted octanol–water partition coefficient (Wildman–Crippen LogP) is 2.88. The summed E-state index contributed by atoms with van der Waals surface area (Å²) in [6.45, 7) is 4.02. The predicted molar refractivity (Wildman–Crippen MR) is 79.1 cm³/mol. The molecule has 0 bridgehead atoms. The lowest BCUT2D eigenvalue weighted by atomic mass is 10.2. The Morgan fingerprint density at radius 1 is 1.30 bits per heavy atom. The van der Waals surface area contributed by atoms with E-state index in [0.717, 1.165) is 17.7 Å². The van der Waals surface area contributed by atoms with Gasteiger partial charge in [-0.15, -0.1) is 11.8 Å². The Kier molecular flexibility index (Phi) is 4.70. The highest BCUT2D eigenvalue weighted by atomic mass is 32.2. The molecule has 1 N–H and O–H groups in total. The Hall–Kier alpha value is -1.49. The largest absolute Gasteiger partial charge is 0.480 e. The second kappa shape index (κ2) is 6.31. The fraction of sp³-hybridized carbons (Fsp3) is 0.467. The fourth-order valence-corrected chi connectivity index (χ4v) is 2.85. The second-order valence-electron chi connectivity index (χ2n) is 5.25. The van der Waals surface area contributed by atoms with Crippen LogP contribution in [0.3, 0.4) is 0 Å². The van der Waals surface area contributed by atoms with Crippen LogP contribution in [0.25, 0.3) is 0 Å². The summed E-state index contributed by atoms with van der Waals surface area (Å²) in [6, 6.07) is 7.51. The molecule has 0 heterocycles. The number of benzene rings is 1. The number of hydrogen-bond acceptors (Lipinski definition) is 3. The molecule has 1 amide bonds. The Bertz CT molecular complexity index is 494. The number of carboxylic acid groups (broad SMARTS) is 1. The molecule has 20 heavy (non-hydrogen) atoms. The number of aliphatic carboxylic acids is 1. The molecule has 0 aromatic heterocycles. The van der Waals surface area contributed by atoms with E-state index in [-0.39, 0.29) is 18.5 Å². The van der Waals surface area contributed by atoms with Gasteiger partial charge in [-0.1, -0.05) is 13.8 Å². The van der Waals surface area contributed by atoms with Gasteiger partial charge in [-0.3, -0.25) is 9.59 Å².